The van der Waals surface area contributed by atoms with Crippen molar-refractivity contribution in [2.45, 2.75) is 25.1 Å². The first-order chi connectivity index (χ1) is 9.92. The van der Waals surface area contributed by atoms with Crippen molar-refractivity contribution in [1.82, 2.24) is 5.32 Å². The number of ether oxygens (including phenoxy) is 2. The van der Waals surface area contributed by atoms with E-state index in [1.54, 1.807) is 24.3 Å². The molecule has 2 N–H and O–H groups in total. The molecular weight excluding hydrogens is 287 g/mol. The molecule has 0 aliphatic rings. The van der Waals surface area contributed by atoms with Crippen molar-refractivity contribution in [1.29, 1.82) is 0 Å². The molecule has 120 valence electrons. The number of benzene rings is 1. The lowest BCUT2D eigenvalue weighted by Crippen LogP contribution is -2.32. The van der Waals surface area contributed by atoms with Gasteiger partial charge in [-0.1, -0.05) is 12.1 Å². The molecule has 0 aliphatic carbocycles. The van der Waals surface area contributed by atoms with Crippen LogP contribution in [-0.2, 0) is 0 Å². The Morgan fingerprint density at radius 2 is 1.90 bits per heavy atom. The van der Waals surface area contributed by atoms with Crippen molar-refractivity contribution in [2.24, 2.45) is 0 Å². The predicted molar refractivity (Wildman–Crippen MR) is 72.7 cm³/mol. The van der Waals surface area contributed by atoms with Gasteiger partial charge in [-0.05, 0) is 25.1 Å². The molecule has 4 nitrogen and oxygen atoms in total. The highest BCUT2D eigenvalue weighted by Crippen LogP contribution is 2.25. The van der Waals surface area contributed by atoms with Gasteiger partial charge in [0.1, 0.15) is 12.7 Å². The minimum absolute atomic E-state index is 0.0103. The summed E-state index contributed by atoms with van der Waals surface area (Å²) in [7, 11) is 1.51. The average molecular weight is 307 g/mol. The van der Waals surface area contributed by atoms with Crippen LogP contribution in [0.25, 0.3) is 0 Å². The van der Waals surface area contributed by atoms with Crippen LogP contribution in [0.5, 0.6) is 11.5 Å². The van der Waals surface area contributed by atoms with Gasteiger partial charge in [0.2, 0.25) is 0 Å². The van der Waals surface area contributed by atoms with E-state index in [0.717, 1.165) is 0 Å². The Labute approximate surface area is 121 Å². The summed E-state index contributed by atoms with van der Waals surface area (Å²) in [6.45, 7) is 0.408. The van der Waals surface area contributed by atoms with E-state index in [1.165, 1.54) is 7.11 Å². The number of halogens is 3. The molecule has 0 radical (unpaired) electrons. The van der Waals surface area contributed by atoms with Crippen molar-refractivity contribution in [2.75, 3.05) is 26.8 Å². The Morgan fingerprint density at radius 3 is 2.52 bits per heavy atom. The van der Waals surface area contributed by atoms with Crippen molar-refractivity contribution in [3.05, 3.63) is 24.3 Å². The molecule has 7 heteroatoms. The normalized spacial score (nSPS) is 13.0. The highest BCUT2D eigenvalue weighted by molar-refractivity contribution is 5.39. The van der Waals surface area contributed by atoms with Gasteiger partial charge in [-0.2, -0.15) is 13.2 Å². The van der Waals surface area contributed by atoms with Crippen LogP contribution in [0.4, 0.5) is 13.2 Å². The van der Waals surface area contributed by atoms with Crippen LogP contribution in [0.2, 0.25) is 0 Å². The van der Waals surface area contributed by atoms with E-state index in [1.807, 2.05) is 0 Å². The molecule has 0 saturated carbocycles. The minimum atomic E-state index is -4.13. The number of para-hydroxylation sites is 2. The average Bonchev–Trinajstić information content (AvgIpc) is 2.43. The number of aliphatic hydroxyl groups is 1. The number of methoxy groups -OCH3 is 1. The number of aliphatic hydroxyl groups excluding tert-OH is 1. The molecule has 1 aromatic rings. The molecule has 21 heavy (non-hydrogen) atoms. The maximum atomic E-state index is 11.9. The summed E-state index contributed by atoms with van der Waals surface area (Å²) >= 11 is 0. The Kier molecular flexibility index (Phi) is 7.31. The third-order valence-electron chi connectivity index (χ3n) is 2.69. The Hall–Kier alpha value is -1.47. The fourth-order valence-electron chi connectivity index (χ4n) is 1.67. The summed E-state index contributed by atoms with van der Waals surface area (Å²) in [4.78, 5) is 0. The lowest BCUT2D eigenvalue weighted by molar-refractivity contribution is -0.135. The largest absolute Gasteiger partial charge is 0.493 e. The SMILES string of the molecule is COc1ccccc1OCC(O)CNCCCC(F)(F)F. The first kappa shape index (κ1) is 17.6. The summed E-state index contributed by atoms with van der Waals surface area (Å²) < 4.78 is 46.2. The zero-order chi connectivity index (χ0) is 15.7. The van der Waals surface area contributed by atoms with E-state index in [-0.39, 0.29) is 26.1 Å². The van der Waals surface area contributed by atoms with Gasteiger partial charge in [-0.25, -0.2) is 0 Å². The van der Waals surface area contributed by atoms with Gasteiger partial charge in [-0.3, -0.25) is 0 Å². The molecule has 0 heterocycles. The van der Waals surface area contributed by atoms with Crippen LogP contribution in [-0.4, -0.2) is 44.2 Å². The first-order valence-electron chi connectivity index (χ1n) is 6.63. The van der Waals surface area contributed by atoms with Crippen LogP contribution < -0.4 is 14.8 Å². The maximum absolute atomic E-state index is 11.9. The zero-order valence-electron chi connectivity index (χ0n) is 11.8. The standard InChI is InChI=1S/C14H20F3NO3/c1-20-12-5-2-3-6-13(12)21-10-11(19)9-18-8-4-7-14(15,16)17/h2-3,5-6,11,18-19H,4,7-10H2,1H3. The highest BCUT2D eigenvalue weighted by Gasteiger charge is 2.25. The fourth-order valence-corrected chi connectivity index (χ4v) is 1.67. The molecule has 1 unspecified atom stereocenters. The third-order valence-corrected chi connectivity index (χ3v) is 2.69. The lowest BCUT2D eigenvalue weighted by atomic mass is 10.3. The Morgan fingerprint density at radius 1 is 1.24 bits per heavy atom. The summed E-state index contributed by atoms with van der Waals surface area (Å²) in [6, 6.07) is 7.02. The summed E-state index contributed by atoms with van der Waals surface area (Å²) in [6.07, 6.45) is -5.77. The summed E-state index contributed by atoms with van der Waals surface area (Å²) in [5, 5.41) is 12.4. The number of nitrogens with one attached hydrogen (secondary N) is 1. The summed E-state index contributed by atoms with van der Waals surface area (Å²) in [5.41, 5.74) is 0. The Bertz CT molecular complexity index is 413. The molecular formula is C14H20F3NO3. The number of alkyl halides is 3. The van der Waals surface area contributed by atoms with E-state index < -0.39 is 18.7 Å². The topological polar surface area (TPSA) is 50.7 Å². The molecule has 0 bridgehead atoms. The summed E-state index contributed by atoms with van der Waals surface area (Å²) in [5.74, 6) is 1.07. The Balaban J connectivity index is 2.18. The van der Waals surface area contributed by atoms with E-state index in [0.29, 0.717) is 11.5 Å². The smallest absolute Gasteiger partial charge is 0.389 e. The van der Waals surface area contributed by atoms with Crippen molar-refractivity contribution in [3.8, 4) is 11.5 Å². The van der Waals surface area contributed by atoms with Crippen molar-refractivity contribution in [3.63, 3.8) is 0 Å². The van der Waals surface area contributed by atoms with Crippen LogP contribution in [0.1, 0.15) is 12.8 Å². The van der Waals surface area contributed by atoms with E-state index in [9.17, 15) is 18.3 Å². The minimum Gasteiger partial charge on any atom is -0.493 e. The van der Waals surface area contributed by atoms with Crippen molar-refractivity contribution < 1.29 is 27.8 Å². The van der Waals surface area contributed by atoms with Gasteiger partial charge < -0.3 is 19.9 Å². The molecule has 1 rings (SSSR count). The molecule has 0 aliphatic heterocycles. The van der Waals surface area contributed by atoms with E-state index >= 15 is 0 Å². The van der Waals surface area contributed by atoms with Gasteiger partial charge in [0, 0.05) is 13.0 Å². The van der Waals surface area contributed by atoms with Crippen LogP contribution >= 0.6 is 0 Å². The van der Waals surface area contributed by atoms with Gasteiger partial charge >= 0.3 is 6.18 Å². The monoisotopic (exact) mass is 307 g/mol. The van der Waals surface area contributed by atoms with Gasteiger partial charge in [0.05, 0.1) is 7.11 Å². The van der Waals surface area contributed by atoms with Gasteiger partial charge in [-0.15, -0.1) is 0 Å². The van der Waals surface area contributed by atoms with E-state index in [4.69, 9.17) is 9.47 Å². The quantitative estimate of drug-likeness (QED) is 0.688. The molecule has 0 spiro atoms. The van der Waals surface area contributed by atoms with Crippen LogP contribution in [0, 0.1) is 0 Å². The van der Waals surface area contributed by atoms with Crippen LogP contribution in [0.15, 0.2) is 24.3 Å². The molecule has 0 fully saturated rings. The second kappa shape index (κ2) is 8.74. The molecule has 0 saturated heterocycles. The van der Waals surface area contributed by atoms with Crippen LogP contribution in [0.3, 0.4) is 0 Å². The zero-order valence-corrected chi connectivity index (χ0v) is 11.8. The highest BCUT2D eigenvalue weighted by atomic mass is 19.4. The number of hydrogen-bond acceptors (Lipinski definition) is 4. The van der Waals surface area contributed by atoms with Crippen molar-refractivity contribution >= 4 is 0 Å². The number of rotatable bonds is 9. The van der Waals surface area contributed by atoms with Gasteiger partial charge in [0.25, 0.3) is 0 Å². The number of hydrogen-bond donors (Lipinski definition) is 2. The molecule has 1 aromatic carbocycles. The van der Waals surface area contributed by atoms with E-state index in [2.05, 4.69) is 5.32 Å². The molecule has 0 aromatic heterocycles. The van der Waals surface area contributed by atoms with Gasteiger partial charge in [0.15, 0.2) is 11.5 Å². The molecule has 0 amide bonds. The molecule has 1 atom stereocenters. The first-order valence-corrected chi connectivity index (χ1v) is 6.63. The predicted octanol–water partition coefficient (Wildman–Crippen LogP) is 2.37. The third kappa shape index (κ3) is 7.77. The lowest BCUT2D eigenvalue weighted by Gasteiger charge is -2.15. The fraction of sp³-hybridized carbons (Fsp3) is 0.571. The second-order valence-corrected chi connectivity index (χ2v) is 4.54. The maximum Gasteiger partial charge on any atom is 0.389 e. The second-order valence-electron chi connectivity index (χ2n) is 4.54.